The summed E-state index contributed by atoms with van der Waals surface area (Å²) in [6.07, 6.45) is 1.30. The maximum atomic E-state index is 12.0. The number of nitrogens with zero attached hydrogens (tertiary/aromatic N) is 1. The molecule has 7 nitrogen and oxygen atoms in total. The molecule has 108 valence electrons. The minimum absolute atomic E-state index is 0.00552. The first-order valence-electron chi connectivity index (χ1n) is 6.15. The number of ether oxygens (including phenoxy) is 1. The van der Waals surface area contributed by atoms with Crippen LogP contribution in [0.5, 0.6) is 0 Å². The van der Waals surface area contributed by atoms with E-state index in [-0.39, 0.29) is 6.54 Å². The number of nitrogens with one attached hydrogen (secondary N) is 1. The molecule has 2 N–H and O–H groups in total. The van der Waals surface area contributed by atoms with Crippen molar-refractivity contribution >= 4 is 18.0 Å². The number of methoxy groups -OCH3 is 1. The molecule has 0 aliphatic carbocycles. The number of hydrogen-bond donors (Lipinski definition) is 2. The highest BCUT2D eigenvalue weighted by molar-refractivity contribution is 5.84. The Balaban J connectivity index is 2.58. The largest absolute Gasteiger partial charge is 0.481 e. The summed E-state index contributed by atoms with van der Waals surface area (Å²) in [5.41, 5.74) is -1.05. The molecule has 0 radical (unpaired) electrons. The lowest BCUT2D eigenvalue weighted by atomic mass is 9.94. The number of likely N-dealkylation sites (tertiary alicyclic amines) is 1. The molecule has 0 aromatic carbocycles. The van der Waals surface area contributed by atoms with E-state index in [1.54, 1.807) is 0 Å². The van der Waals surface area contributed by atoms with E-state index >= 15 is 0 Å². The van der Waals surface area contributed by atoms with E-state index in [2.05, 4.69) is 10.1 Å². The van der Waals surface area contributed by atoms with Gasteiger partial charge in [-0.2, -0.15) is 0 Å². The number of urea groups is 1. The molecule has 0 bridgehead atoms. The second-order valence-electron chi connectivity index (χ2n) is 5.22. The molecule has 7 heteroatoms. The Kier molecular flexibility index (Phi) is 4.74. The first kappa shape index (κ1) is 15.3. The van der Waals surface area contributed by atoms with E-state index in [1.165, 1.54) is 25.9 Å². The van der Waals surface area contributed by atoms with Gasteiger partial charge in [0.15, 0.2) is 0 Å². The van der Waals surface area contributed by atoms with Crippen LogP contribution in [0, 0.1) is 5.41 Å². The van der Waals surface area contributed by atoms with Gasteiger partial charge >= 0.3 is 18.0 Å². The van der Waals surface area contributed by atoms with Crippen molar-refractivity contribution in [3.63, 3.8) is 0 Å². The summed E-state index contributed by atoms with van der Waals surface area (Å²) in [4.78, 5) is 35.8. The van der Waals surface area contributed by atoms with E-state index in [1.807, 2.05) is 0 Å². The Hall–Kier alpha value is -1.79. The molecule has 19 heavy (non-hydrogen) atoms. The van der Waals surface area contributed by atoms with E-state index in [9.17, 15) is 14.4 Å². The fraction of sp³-hybridized carbons (Fsp3) is 0.750. The topological polar surface area (TPSA) is 95.9 Å². The third-order valence-corrected chi connectivity index (χ3v) is 3.25. The maximum absolute atomic E-state index is 12.0. The van der Waals surface area contributed by atoms with Crippen LogP contribution in [0.25, 0.3) is 0 Å². The molecule has 0 aromatic rings. The van der Waals surface area contributed by atoms with Crippen molar-refractivity contribution < 1.29 is 24.2 Å². The molecule has 0 saturated carbocycles. The summed E-state index contributed by atoms with van der Waals surface area (Å²) in [5, 5.41) is 11.5. The summed E-state index contributed by atoms with van der Waals surface area (Å²) < 4.78 is 4.64. The van der Waals surface area contributed by atoms with Crippen LogP contribution in [0.3, 0.4) is 0 Å². The highest BCUT2D eigenvalue weighted by atomic mass is 16.5. The number of aliphatic carboxylic acids is 1. The van der Waals surface area contributed by atoms with E-state index in [0.717, 1.165) is 6.42 Å². The molecule has 1 unspecified atom stereocenters. The normalized spacial score (nSPS) is 19.1. The Labute approximate surface area is 111 Å². The third-order valence-electron chi connectivity index (χ3n) is 3.25. The zero-order chi connectivity index (χ0) is 14.6. The van der Waals surface area contributed by atoms with Crippen LogP contribution >= 0.6 is 0 Å². The van der Waals surface area contributed by atoms with Gasteiger partial charge in [0, 0.05) is 13.1 Å². The van der Waals surface area contributed by atoms with Crippen LogP contribution in [-0.4, -0.2) is 54.2 Å². The standard InChI is InChI=1S/C12H20N2O5/c1-12(2,10(16)17)7-13-11(18)14-6-4-5-8(14)9(15)19-3/h8H,4-7H2,1-3H3,(H,13,18)(H,16,17). The smallest absolute Gasteiger partial charge is 0.328 e. The molecular formula is C12H20N2O5. The highest BCUT2D eigenvalue weighted by Gasteiger charge is 2.36. The van der Waals surface area contributed by atoms with Crippen LogP contribution < -0.4 is 5.32 Å². The Bertz CT molecular complexity index is 380. The lowest BCUT2D eigenvalue weighted by Crippen LogP contribution is -2.49. The molecule has 1 aliphatic rings. The zero-order valence-electron chi connectivity index (χ0n) is 11.4. The quantitative estimate of drug-likeness (QED) is 0.724. The molecule has 1 saturated heterocycles. The molecular weight excluding hydrogens is 252 g/mol. The number of esters is 1. The molecule has 1 heterocycles. The number of carbonyl (C=O) groups excluding carboxylic acids is 2. The summed E-state index contributed by atoms with van der Waals surface area (Å²) >= 11 is 0. The first-order valence-corrected chi connectivity index (χ1v) is 6.15. The Morgan fingerprint density at radius 1 is 1.42 bits per heavy atom. The summed E-state index contributed by atoms with van der Waals surface area (Å²) in [6.45, 7) is 3.53. The van der Waals surface area contributed by atoms with E-state index in [4.69, 9.17) is 5.11 Å². The average molecular weight is 272 g/mol. The van der Waals surface area contributed by atoms with Crippen molar-refractivity contribution in [3.05, 3.63) is 0 Å². The SMILES string of the molecule is COC(=O)C1CCCN1C(=O)NCC(C)(C)C(=O)O. The minimum Gasteiger partial charge on any atom is -0.481 e. The minimum atomic E-state index is -1.05. The van der Waals surface area contributed by atoms with Crippen molar-refractivity contribution in [1.82, 2.24) is 10.2 Å². The monoisotopic (exact) mass is 272 g/mol. The predicted octanol–water partition coefficient (Wildman–Crippen LogP) is 0.444. The second kappa shape index (κ2) is 5.90. The van der Waals surface area contributed by atoms with Crippen LogP contribution in [0.15, 0.2) is 0 Å². The van der Waals surface area contributed by atoms with Gasteiger partial charge in [-0.05, 0) is 26.7 Å². The fourth-order valence-electron chi connectivity index (χ4n) is 1.86. The van der Waals surface area contributed by atoms with Gasteiger partial charge in [0.05, 0.1) is 12.5 Å². The van der Waals surface area contributed by atoms with Gasteiger partial charge < -0.3 is 20.1 Å². The van der Waals surface area contributed by atoms with Gasteiger partial charge in [-0.3, -0.25) is 4.79 Å². The molecule has 2 amide bonds. The number of carboxylic acids is 1. The molecule has 1 rings (SSSR count). The molecule has 0 aromatic heterocycles. The van der Waals surface area contributed by atoms with Crippen LogP contribution in [0.2, 0.25) is 0 Å². The molecule has 1 atom stereocenters. The fourth-order valence-corrected chi connectivity index (χ4v) is 1.86. The number of hydrogen-bond acceptors (Lipinski definition) is 4. The maximum Gasteiger partial charge on any atom is 0.328 e. The molecule has 1 fully saturated rings. The van der Waals surface area contributed by atoms with Gasteiger partial charge in [0.1, 0.15) is 6.04 Å². The van der Waals surface area contributed by atoms with Gasteiger partial charge in [0.25, 0.3) is 0 Å². The lowest BCUT2D eigenvalue weighted by Gasteiger charge is -2.25. The number of amides is 2. The van der Waals surface area contributed by atoms with Gasteiger partial charge in [-0.15, -0.1) is 0 Å². The number of carbonyl (C=O) groups is 3. The van der Waals surface area contributed by atoms with Crippen molar-refractivity contribution in [2.45, 2.75) is 32.7 Å². The summed E-state index contributed by atoms with van der Waals surface area (Å²) in [5.74, 6) is -1.43. The summed E-state index contributed by atoms with van der Waals surface area (Å²) in [7, 11) is 1.28. The average Bonchev–Trinajstić information content (AvgIpc) is 2.84. The Morgan fingerprint density at radius 2 is 2.05 bits per heavy atom. The number of rotatable bonds is 4. The third kappa shape index (κ3) is 3.59. The van der Waals surface area contributed by atoms with Crippen molar-refractivity contribution in [3.8, 4) is 0 Å². The number of carboxylic acid groups (broad SMARTS) is 1. The van der Waals surface area contributed by atoms with E-state index in [0.29, 0.717) is 13.0 Å². The van der Waals surface area contributed by atoms with Gasteiger partial charge in [-0.25, -0.2) is 9.59 Å². The second-order valence-corrected chi connectivity index (χ2v) is 5.22. The van der Waals surface area contributed by atoms with E-state index < -0.39 is 29.4 Å². The van der Waals surface area contributed by atoms with Crippen LogP contribution in [0.1, 0.15) is 26.7 Å². The summed E-state index contributed by atoms with van der Waals surface area (Å²) in [6, 6.07) is -1.000. The van der Waals surface area contributed by atoms with Crippen LogP contribution in [-0.2, 0) is 14.3 Å². The van der Waals surface area contributed by atoms with Gasteiger partial charge in [-0.1, -0.05) is 0 Å². The van der Waals surface area contributed by atoms with Gasteiger partial charge in [0.2, 0.25) is 0 Å². The van der Waals surface area contributed by atoms with Crippen molar-refractivity contribution in [1.29, 1.82) is 0 Å². The zero-order valence-corrected chi connectivity index (χ0v) is 11.4. The molecule has 1 aliphatic heterocycles. The lowest BCUT2D eigenvalue weighted by molar-refractivity contribution is -0.147. The van der Waals surface area contributed by atoms with Crippen molar-refractivity contribution in [2.75, 3.05) is 20.2 Å². The Morgan fingerprint density at radius 3 is 2.58 bits per heavy atom. The van der Waals surface area contributed by atoms with Crippen molar-refractivity contribution in [2.24, 2.45) is 5.41 Å². The predicted molar refractivity (Wildman–Crippen MR) is 66.6 cm³/mol. The highest BCUT2D eigenvalue weighted by Crippen LogP contribution is 2.19. The van der Waals surface area contributed by atoms with Crippen LogP contribution in [0.4, 0.5) is 4.79 Å². The first-order chi connectivity index (χ1) is 8.79. The molecule has 0 spiro atoms.